The van der Waals surface area contributed by atoms with Gasteiger partial charge in [0.05, 0.1) is 6.54 Å². The Hall–Kier alpha value is -1.62. The lowest BCUT2D eigenvalue weighted by Gasteiger charge is -2.17. The Morgan fingerprint density at radius 2 is 2.39 bits per heavy atom. The smallest absolute Gasteiger partial charge is 0.226 e. The maximum Gasteiger partial charge on any atom is 0.226 e. The van der Waals surface area contributed by atoms with Crippen molar-refractivity contribution in [2.45, 2.75) is 45.2 Å². The maximum atomic E-state index is 6.12. The first kappa shape index (κ1) is 11.5. The zero-order chi connectivity index (χ0) is 12.5. The minimum absolute atomic E-state index is 0.187. The van der Waals surface area contributed by atoms with Crippen LogP contribution in [0.1, 0.15) is 48.6 Å². The van der Waals surface area contributed by atoms with E-state index in [0.717, 1.165) is 25.1 Å². The summed E-state index contributed by atoms with van der Waals surface area (Å²) in [7, 11) is 0. The number of rotatable bonds is 3. The molecule has 0 saturated heterocycles. The lowest BCUT2D eigenvalue weighted by Crippen LogP contribution is -2.15. The second kappa shape index (κ2) is 4.57. The first-order valence-electron chi connectivity index (χ1n) is 6.52. The van der Waals surface area contributed by atoms with Gasteiger partial charge in [0.2, 0.25) is 5.89 Å². The number of aromatic nitrogens is 3. The zero-order valence-corrected chi connectivity index (χ0v) is 10.6. The molecule has 1 aliphatic rings. The molecule has 0 saturated carbocycles. The van der Waals surface area contributed by atoms with Crippen LogP contribution in [0.4, 0.5) is 0 Å². The highest BCUT2D eigenvalue weighted by Gasteiger charge is 2.19. The van der Waals surface area contributed by atoms with E-state index in [2.05, 4.69) is 27.1 Å². The fraction of sp³-hybridized carbons (Fsp3) is 0.538. The topological polar surface area (TPSA) is 69.9 Å². The molecule has 3 rings (SSSR count). The molecule has 0 aromatic carbocycles. The highest BCUT2D eigenvalue weighted by atomic mass is 16.5. The Morgan fingerprint density at radius 3 is 3.11 bits per heavy atom. The van der Waals surface area contributed by atoms with E-state index < -0.39 is 0 Å². The molecule has 18 heavy (non-hydrogen) atoms. The van der Waals surface area contributed by atoms with Gasteiger partial charge >= 0.3 is 0 Å². The third kappa shape index (κ3) is 2.06. The van der Waals surface area contributed by atoms with Crippen molar-refractivity contribution in [3.05, 3.63) is 35.2 Å². The highest BCUT2D eigenvalue weighted by molar-refractivity contribution is 5.30. The Kier molecular flexibility index (Phi) is 2.91. The molecule has 2 heterocycles. The molecule has 0 aliphatic heterocycles. The Morgan fingerprint density at radius 1 is 1.50 bits per heavy atom. The molecule has 2 aromatic rings. The van der Waals surface area contributed by atoms with Crippen molar-refractivity contribution in [2.24, 2.45) is 5.73 Å². The predicted octanol–water partition coefficient (Wildman–Crippen LogP) is 1.82. The van der Waals surface area contributed by atoms with Crippen LogP contribution in [-0.2, 0) is 19.4 Å². The van der Waals surface area contributed by atoms with Crippen LogP contribution in [-0.4, -0.2) is 14.7 Å². The Bertz CT molecular complexity index is 543. The van der Waals surface area contributed by atoms with Gasteiger partial charge < -0.3 is 14.8 Å². The summed E-state index contributed by atoms with van der Waals surface area (Å²) < 4.78 is 7.22. The number of nitrogens with two attached hydrogens (primary N) is 1. The first-order chi connectivity index (χ1) is 8.76. The van der Waals surface area contributed by atoms with Gasteiger partial charge in [0, 0.05) is 24.9 Å². The molecule has 5 heteroatoms. The molecular weight excluding hydrogens is 228 g/mol. The molecule has 1 unspecified atom stereocenters. The minimum atomic E-state index is 0.187. The van der Waals surface area contributed by atoms with Gasteiger partial charge in [-0.3, -0.25) is 0 Å². The average Bonchev–Trinajstić information content (AvgIpc) is 2.96. The maximum absolute atomic E-state index is 6.12. The lowest BCUT2D eigenvalue weighted by atomic mass is 9.92. The summed E-state index contributed by atoms with van der Waals surface area (Å²) in [6.07, 6.45) is 8.46. The second-order valence-corrected chi connectivity index (χ2v) is 4.87. The fourth-order valence-corrected chi connectivity index (χ4v) is 2.54. The van der Waals surface area contributed by atoms with Crippen molar-refractivity contribution in [3.8, 4) is 0 Å². The van der Waals surface area contributed by atoms with E-state index in [1.807, 2.05) is 6.92 Å². The van der Waals surface area contributed by atoms with E-state index in [1.165, 1.54) is 17.5 Å². The summed E-state index contributed by atoms with van der Waals surface area (Å²) >= 11 is 0. The first-order valence-corrected chi connectivity index (χ1v) is 6.52. The Balaban J connectivity index is 1.81. The summed E-state index contributed by atoms with van der Waals surface area (Å²) in [4.78, 5) is 4.32. The molecule has 0 radical (unpaired) electrons. The molecule has 0 amide bonds. The summed E-state index contributed by atoms with van der Waals surface area (Å²) in [5.74, 6) is 1.42. The van der Waals surface area contributed by atoms with Crippen LogP contribution in [0, 0.1) is 0 Å². The van der Waals surface area contributed by atoms with E-state index in [9.17, 15) is 0 Å². The van der Waals surface area contributed by atoms with Gasteiger partial charge in [-0.15, -0.1) is 0 Å². The third-order valence-electron chi connectivity index (χ3n) is 3.49. The average molecular weight is 246 g/mol. The Labute approximate surface area is 106 Å². The summed E-state index contributed by atoms with van der Waals surface area (Å²) in [5, 5.41) is 3.97. The molecule has 1 atom stereocenters. The van der Waals surface area contributed by atoms with Crippen LogP contribution >= 0.6 is 0 Å². The van der Waals surface area contributed by atoms with Gasteiger partial charge in [-0.1, -0.05) is 12.1 Å². The van der Waals surface area contributed by atoms with Crippen molar-refractivity contribution in [3.63, 3.8) is 0 Å². The molecule has 0 fully saturated rings. The number of nitrogens with zero attached hydrogens (tertiary/aromatic N) is 3. The normalized spacial score (nSPS) is 18.9. The monoisotopic (exact) mass is 246 g/mol. The van der Waals surface area contributed by atoms with Gasteiger partial charge in [0.1, 0.15) is 0 Å². The molecule has 2 aromatic heterocycles. The van der Waals surface area contributed by atoms with Crippen LogP contribution in [0.25, 0.3) is 0 Å². The van der Waals surface area contributed by atoms with Crippen LogP contribution < -0.4 is 5.73 Å². The second-order valence-electron chi connectivity index (χ2n) is 4.87. The van der Waals surface area contributed by atoms with E-state index in [-0.39, 0.29) is 6.04 Å². The number of hydrogen-bond donors (Lipinski definition) is 1. The van der Waals surface area contributed by atoms with Crippen molar-refractivity contribution >= 4 is 0 Å². The molecular formula is C13H18N4O. The van der Waals surface area contributed by atoms with Gasteiger partial charge in [-0.25, -0.2) is 0 Å². The van der Waals surface area contributed by atoms with Crippen LogP contribution in [0.15, 0.2) is 16.9 Å². The quantitative estimate of drug-likeness (QED) is 0.896. The lowest BCUT2D eigenvalue weighted by molar-refractivity contribution is 0.375. The number of aryl methyl sites for hydroxylation is 2. The van der Waals surface area contributed by atoms with Crippen molar-refractivity contribution in [1.29, 1.82) is 0 Å². The summed E-state index contributed by atoms with van der Waals surface area (Å²) in [6, 6.07) is 0.187. The van der Waals surface area contributed by atoms with E-state index in [1.54, 1.807) is 0 Å². The third-order valence-corrected chi connectivity index (χ3v) is 3.49. The van der Waals surface area contributed by atoms with Crippen LogP contribution in [0.5, 0.6) is 0 Å². The molecule has 2 N–H and O–H groups in total. The van der Waals surface area contributed by atoms with Gasteiger partial charge in [0.25, 0.3) is 0 Å². The molecule has 96 valence electrons. The van der Waals surface area contributed by atoms with Gasteiger partial charge in [-0.2, -0.15) is 4.98 Å². The van der Waals surface area contributed by atoms with Crippen LogP contribution in [0.2, 0.25) is 0 Å². The van der Waals surface area contributed by atoms with Crippen molar-refractivity contribution in [2.75, 3.05) is 0 Å². The standard InChI is InChI=1S/C13H18N4O/c1-2-13-15-12(16-18-13)8-17-6-9-4-3-5-11(14)10(9)7-17/h6-7,11H,2-5,8,14H2,1H3. The molecule has 5 nitrogen and oxygen atoms in total. The molecule has 0 spiro atoms. The molecule has 0 bridgehead atoms. The predicted molar refractivity (Wildman–Crippen MR) is 67.1 cm³/mol. The van der Waals surface area contributed by atoms with E-state index in [0.29, 0.717) is 12.4 Å². The largest absolute Gasteiger partial charge is 0.346 e. The van der Waals surface area contributed by atoms with Gasteiger partial charge in [-0.05, 0) is 30.4 Å². The SMILES string of the molecule is CCc1nc(Cn2cc3c(c2)C(N)CCC3)no1. The van der Waals surface area contributed by atoms with Crippen molar-refractivity contribution in [1.82, 2.24) is 14.7 Å². The van der Waals surface area contributed by atoms with Crippen LogP contribution in [0.3, 0.4) is 0 Å². The molecule has 1 aliphatic carbocycles. The number of fused-ring (bicyclic) bond motifs is 1. The van der Waals surface area contributed by atoms with Gasteiger partial charge in [0.15, 0.2) is 5.82 Å². The minimum Gasteiger partial charge on any atom is -0.346 e. The summed E-state index contributed by atoms with van der Waals surface area (Å²) in [5.41, 5.74) is 8.76. The highest BCUT2D eigenvalue weighted by Crippen LogP contribution is 2.28. The summed E-state index contributed by atoms with van der Waals surface area (Å²) in [6.45, 7) is 2.66. The zero-order valence-electron chi connectivity index (χ0n) is 10.6. The fourth-order valence-electron chi connectivity index (χ4n) is 2.54. The number of hydrogen-bond acceptors (Lipinski definition) is 4. The van der Waals surface area contributed by atoms with Crippen molar-refractivity contribution < 1.29 is 4.52 Å². The van der Waals surface area contributed by atoms with E-state index in [4.69, 9.17) is 10.3 Å². The van der Waals surface area contributed by atoms with E-state index >= 15 is 0 Å².